The predicted octanol–water partition coefficient (Wildman–Crippen LogP) is 2.88. The first-order chi connectivity index (χ1) is 7.16. The van der Waals surface area contributed by atoms with Crippen LogP contribution in [0, 0.1) is 5.82 Å². The van der Waals surface area contributed by atoms with Gasteiger partial charge in [0.25, 0.3) is 0 Å². The van der Waals surface area contributed by atoms with Crippen LogP contribution in [-0.4, -0.2) is 17.3 Å². The molecule has 0 amide bonds. The minimum Gasteiger partial charge on any atom is -0.488 e. The second-order valence-corrected chi connectivity index (χ2v) is 4.58. The van der Waals surface area contributed by atoms with Crippen LogP contribution in [-0.2, 0) is 0 Å². The lowest BCUT2D eigenvalue weighted by molar-refractivity contribution is 0.0602. The molecule has 0 saturated heterocycles. The quantitative estimate of drug-likeness (QED) is 0.899. The monoisotopic (exact) mass is 274 g/mol. The molecule has 2 atom stereocenters. The van der Waals surface area contributed by atoms with Crippen LogP contribution in [0.3, 0.4) is 0 Å². The summed E-state index contributed by atoms with van der Waals surface area (Å²) in [6.07, 6.45) is 1.95. The maximum atomic E-state index is 13.2. The summed E-state index contributed by atoms with van der Waals surface area (Å²) in [7, 11) is 0. The van der Waals surface area contributed by atoms with E-state index in [1.54, 1.807) is 12.1 Å². The minimum atomic E-state index is -0.420. The lowest BCUT2D eigenvalue weighted by Crippen LogP contribution is -2.25. The number of halogens is 2. The number of hydrogen-bond acceptors (Lipinski definition) is 2. The van der Waals surface area contributed by atoms with Gasteiger partial charge < -0.3 is 9.84 Å². The zero-order valence-electron chi connectivity index (χ0n) is 8.12. The van der Waals surface area contributed by atoms with Gasteiger partial charge in [-0.3, -0.25) is 0 Å². The lowest BCUT2D eigenvalue weighted by atomic mass is 10.2. The van der Waals surface area contributed by atoms with Crippen LogP contribution in [0.1, 0.15) is 19.3 Å². The summed E-state index contributed by atoms with van der Waals surface area (Å²) in [6, 6.07) is 4.62. The van der Waals surface area contributed by atoms with E-state index in [0.29, 0.717) is 10.2 Å². The molecule has 2 rings (SSSR count). The maximum Gasteiger partial charge on any atom is 0.141 e. The molecule has 0 aromatic heterocycles. The number of aliphatic hydroxyl groups is 1. The van der Waals surface area contributed by atoms with Crippen LogP contribution < -0.4 is 4.74 Å². The maximum absolute atomic E-state index is 13.2. The summed E-state index contributed by atoms with van der Waals surface area (Å²) in [5.41, 5.74) is 0. The Bertz CT molecular complexity index is 356. The Hall–Kier alpha value is -0.610. The van der Waals surface area contributed by atoms with Crippen molar-refractivity contribution in [1.82, 2.24) is 0 Å². The summed E-state index contributed by atoms with van der Waals surface area (Å²) in [5, 5.41) is 9.55. The van der Waals surface area contributed by atoms with Gasteiger partial charge in [0.2, 0.25) is 0 Å². The zero-order chi connectivity index (χ0) is 10.8. The number of aliphatic hydroxyl groups excluding tert-OH is 1. The summed E-state index contributed by atoms with van der Waals surface area (Å²) < 4.78 is 19.1. The Kier molecular flexibility index (Phi) is 3.26. The Morgan fingerprint density at radius 2 is 2.20 bits per heavy atom. The van der Waals surface area contributed by atoms with Crippen molar-refractivity contribution in [2.75, 3.05) is 0 Å². The van der Waals surface area contributed by atoms with Crippen molar-refractivity contribution in [2.24, 2.45) is 0 Å². The molecule has 0 aliphatic heterocycles. The third kappa shape index (κ3) is 2.49. The first-order valence-electron chi connectivity index (χ1n) is 4.96. The third-order valence-corrected chi connectivity index (χ3v) is 3.24. The fourth-order valence-corrected chi connectivity index (χ4v) is 2.02. The van der Waals surface area contributed by atoms with Gasteiger partial charge in [-0.05, 0) is 47.3 Å². The van der Waals surface area contributed by atoms with E-state index in [1.807, 2.05) is 0 Å². The molecule has 0 bridgehead atoms. The number of ether oxygens (including phenoxy) is 1. The zero-order valence-corrected chi connectivity index (χ0v) is 9.71. The highest BCUT2D eigenvalue weighted by molar-refractivity contribution is 9.10. The topological polar surface area (TPSA) is 29.5 Å². The van der Waals surface area contributed by atoms with Gasteiger partial charge in [0.15, 0.2) is 0 Å². The van der Waals surface area contributed by atoms with Crippen molar-refractivity contribution in [3.63, 3.8) is 0 Å². The normalized spacial score (nSPS) is 25.5. The SMILES string of the molecule is O[C@H]1CCC[C@@H]1Oc1ccc(Br)c(F)c1. The molecule has 4 heteroatoms. The van der Waals surface area contributed by atoms with Gasteiger partial charge in [0.05, 0.1) is 10.6 Å². The molecule has 1 aromatic carbocycles. The van der Waals surface area contributed by atoms with E-state index in [0.717, 1.165) is 19.3 Å². The van der Waals surface area contributed by atoms with Crippen molar-refractivity contribution in [2.45, 2.75) is 31.5 Å². The van der Waals surface area contributed by atoms with Gasteiger partial charge in [-0.15, -0.1) is 0 Å². The Balaban J connectivity index is 2.07. The van der Waals surface area contributed by atoms with E-state index in [2.05, 4.69) is 15.9 Å². The highest BCUT2D eigenvalue weighted by Gasteiger charge is 2.26. The molecule has 82 valence electrons. The van der Waals surface area contributed by atoms with Gasteiger partial charge in [-0.2, -0.15) is 0 Å². The Morgan fingerprint density at radius 3 is 2.80 bits per heavy atom. The van der Waals surface area contributed by atoms with E-state index in [1.165, 1.54) is 6.07 Å². The molecule has 0 unspecified atom stereocenters. The molecule has 0 spiro atoms. The summed E-state index contributed by atoms with van der Waals surface area (Å²) >= 11 is 3.07. The van der Waals surface area contributed by atoms with E-state index in [9.17, 15) is 9.50 Å². The molecule has 15 heavy (non-hydrogen) atoms. The second-order valence-electron chi connectivity index (χ2n) is 3.73. The van der Waals surface area contributed by atoms with Gasteiger partial charge in [-0.25, -0.2) is 4.39 Å². The molecule has 1 fully saturated rings. The summed E-state index contributed by atoms with van der Waals surface area (Å²) in [4.78, 5) is 0. The Morgan fingerprint density at radius 1 is 1.40 bits per heavy atom. The molecule has 1 N–H and O–H groups in total. The molecular formula is C11H12BrFO2. The fourth-order valence-electron chi connectivity index (χ4n) is 1.77. The molecule has 1 aromatic rings. The number of hydrogen-bond donors (Lipinski definition) is 1. The fraction of sp³-hybridized carbons (Fsp3) is 0.455. The van der Waals surface area contributed by atoms with Crippen LogP contribution in [0.15, 0.2) is 22.7 Å². The van der Waals surface area contributed by atoms with E-state index in [4.69, 9.17) is 4.74 Å². The third-order valence-electron chi connectivity index (χ3n) is 2.60. The van der Waals surface area contributed by atoms with Crippen LogP contribution in [0.5, 0.6) is 5.75 Å². The van der Waals surface area contributed by atoms with E-state index < -0.39 is 6.10 Å². The van der Waals surface area contributed by atoms with Crippen molar-refractivity contribution < 1.29 is 14.2 Å². The van der Waals surface area contributed by atoms with E-state index >= 15 is 0 Å². The average Bonchev–Trinajstić information content (AvgIpc) is 2.59. The highest BCUT2D eigenvalue weighted by Crippen LogP contribution is 2.27. The van der Waals surface area contributed by atoms with Crippen LogP contribution in [0.4, 0.5) is 4.39 Å². The molecule has 0 heterocycles. The standard InChI is InChI=1S/C11H12BrFO2/c12-8-5-4-7(6-9(8)13)15-11-3-1-2-10(11)14/h4-6,10-11,14H,1-3H2/t10-,11-/m0/s1. The van der Waals surface area contributed by atoms with Crippen LogP contribution in [0.2, 0.25) is 0 Å². The smallest absolute Gasteiger partial charge is 0.141 e. The second kappa shape index (κ2) is 4.49. The first kappa shape index (κ1) is 10.9. The molecule has 2 nitrogen and oxygen atoms in total. The molecule has 1 aliphatic rings. The van der Waals surface area contributed by atoms with Gasteiger partial charge in [0.1, 0.15) is 17.7 Å². The van der Waals surface area contributed by atoms with Crippen molar-refractivity contribution in [3.8, 4) is 5.75 Å². The summed E-state index contributed by atoms with van der Waals surface area (Å²) in [5.74, 6) is 0.127. The predicted molar refractivity (Wildman–Crippen MR) is 58.4 cm³/mol. The summed E-state index contributed by atoms with van der Waals surface area (Å²) in [6.45, 7) is 0. The first-order valence-corrected chi connectivity index (χ1v) is 5.76. The molecular weight excluding hydrogens is 263 g/mol. The molecule has 1 saturated carbocycles. The van der Waals surface area contributed by atoms with Gasteiger partial charge in [-0.1, -0.05) is 0 Å². The van der Waals surface area contributed by atoms with Crippen molar-refractivity contribution in [1.29, 1.82) is 0 Å². The Labute approximate surface area is 96.2 Å². The van der Waals surface area contributed by atoms with E-state index in [-0.39, 0.29) is 11.9 Å². The largest absolute Gasteiger partial charge is 0.488 e. The number of benzene rings is 1. The number of rotatable bonds is 2. The van der Waals surface area contributed by atoms with Crippen LogP contribution >= 0.6 is 15.9 Å². The van der Waals surface area contributed by atoms with Gasteiger partial charge in [0, 0.05) is 6.07 Å². The van der Waals surface area contributed by atoms with Gasteiger partial charge >= 0.3 is 0 Å². The van der Waals surface area contributed by atoms with Crippen molar-refractivity contribution >= 4 is 15.9 Å². The highest BCUT2D eigenvalue weighted by atomic mass is 79.9. The van der Waals surface area contributed by atoms with Crippen molar-refractivity contribution in [3.05, 3.63) is 28.5 Å². The van der Waals surface area contributed by atoms with Crippen LogP contribution in [0.25, 0.3) is 0 Å². The average molecular weight is 275 g/mol. The molecule has 1 aliphatic carbocycles. The minimum absolute atomic E-state index is 0.189. The molecule has 0 radical (unpaired) electrons. The lowest BCUT2D eigenvalue weighted by Gasteiger charge is -2.17.